The Morgan fingerprint density at radius 3 is 2.43 bits per heavy atom. The van der Waals surface area contributed by atoms with Crippen molar-refractivity contribution in [3.05, 3.63) is 23.1 Å². The molecule has 1 aromatic rings. The van der Waals surface area contributed by atoms with Crippen LogP contribution in [-0.4, -0.2) is 23.5 Å². The molecule has 1 N–H and O–H groups in total. The predicted octanol–water partition coefficient (Wildman–Crippen LogP) is 3.42. The molecule has 0 fully saturated rings. The van der Waals surface area contributed by atoms with Gasteiger partial charge in [0, 0.05) is 0 Å². The second kappa shape index (κ2) is 6.98. The Morgan fingerprint density at radius 1 is 1.38 bits per heavy atom. The molecule has 0 aliphatic carbocycles. The highest BCUT2D eigenvalue weighted by molar-refractivity contribution is 6.29. The number of rotatable bonds is 5. The van der Waals surface area contributed by atoms with Gasteiger partial charge in [-0.1, -0.05) is 20.3 Å². The number of halogens is 1. The molecule has 6 heteroatoms. The van der Waals surface area contributed by atoms with Crippen molar-refractivity contribution in [1.29, 1.82) is 0 Å². The molecule has 118 valence electrons. The van der Waals surface area contributed by atoms with Gasteiger partial charge in [0.15, 0.2) is 11.0 Å². The molecule has 0 saturated heterocycles. The zero-order chi connectivity index (χ0) is 16.2. The van der Waals surface area contributed by atoms with Crippen LogP contribution in [-0.2, 0) is 9.53 Å². The largest absolute Gasteiger partial charge is 0.458 e. The Hall–Kier alpha value is -1.49. The minimum Gasteiger partial charge on any atom is -0.458 e. The Kier molecular flexibility index (Phi) is 5.84. The average Bonchev–Trinajstić information content (AvgIpc) is 2.79. The first-order valence-corrected chi connectivity index (χ1v) is 7.31. The summed E-state index contributed by atoms with van der Waals surface area (Å²) in [6.45, 7) is 9.17. The lowest BCUT2D eigenvalue weighted by atomic mass is 9.98. The summed E-state index contributed by atoms with van der Waals surface area (Å²) < 4.78 is 10.4. The summed E-state index contributed by atoms with van der Waals surface area (Å²) in [6, 6.07) is 2.20. The molecule has 0 radical (unpaired) electrons. The molecule has 0 spiro atoms. The molecule has 21 heavy (non-hydrogen) atoms. The maximum Gasteiger partial charge on any atom is 0.329 e. The average molecular weight is 316 g/mol. The number of nitrogens with one attached hydrogen (secondary N) is 1. The van der Waals surface area contributed by atoms with E-state index < -0.39 is 23.5 Å². The Balaban J connectivity index is 2.83. The van der Waals surface area contributed by atoms with Crippen LogP contribution in [0.2, 0.25) is 5.22 Å². The SMILES string of the molecule is CC[C@H](C)[C@H](NC(=O)c1ccc(Cl)o1)C(=O)OC(C)(C)C. The first-order chi connectivity index (χ1) is 9.64. The topological polar surface area (TPSA) is 68.5 Å². The smallest absolute Gasteiger partial charge is 0.329 e. The molecule has 1 rings (SSSR count). The number of esters is 1. The van der Waals surface area contributed by atoms with Gasteiger partial charge in [0.05, 0.1) is 0 Å². The van der Waals surface area contributed by atoms with Crippen LogP contribution >= 0.6 is 11.6 Å². The normalized spacial score (nSPS) is 14.4. The molecular formula is C15H22ClNO4. The van der Waals surface area contributed by atoms with Crippen LogP contribution in [0, 0.1) is 5.92 Å². The third-order valence-corrected chi connectivity index (χ3v) is 3.16. The zero-order valence-corrected chi connectivity index (χ0v) is 13.8. The molecule has 1 amide bonds. The maximum atomic E-state index is 12.2. The fraction of sp³-hybridized carbons (Fsp3) is 0.600. The minimum atomic E-state index is -0.731. The van der Waals surface area contributed by atoms with E-state index in [0.717, 1.165) is 6.42 Å². The van der Waals surface area contributed by atoms with Crippen LogP contribution in [0.3, 0.4) is 0 Å². The molecule has 2 atom stereocenters. The zero-order valence-electron chi connectivity index (χ0n) is 13.0. The first-order valence-electron chi connectivity index (χ1n) is 6.93. The minimum absolute atomic E-state index is 0.0609. The van der Waals surface area contributed by atoms with Gasteiger partial charge in [0.2, 0.25) is 0 Å². The lowest BCUT2D eigenvalue weighted by Crippen LogP contribution is -2.47. The van der Waals surface area contributed by atoms with E-state index in [0.29, 0.717) is 0 Å². The van der Waals surface area contributed by atoms with E-state index in [1.165, 1.54) is 12.1 Å². The summed E-state index contributed by atoms with van der Waals surface area (Å²) in [5.41, 5.74) is -0.610. The highest BCUT2D eigenvalue weighted by atomic mass is 35.5. The number of furan rings is 1. The van der Waals surface area contributed by atoms with Crippen LogP contribution in [0.15, 0.2) is 16.5 Å². The molecule has 0 bridgehead atoms. The van der Waals surface area contributed by atoms with Gasteiger partial charge in [-0.05, 0) is 50.4 Å². The molecule has 5 nitrogen and oxygen atoms in total. The van der Waals surface area contributed by atoms with E-state index in [1.54, 1.807) is 20.8 Å². The fourth-order valence-electron chi connectivity index (χ4n) is 1.68. The molecule has 1 heterocycles. The summed E-state index contributed by atoms with van der Waals surface area (Å²) in [5.74, 6) is -0.938. The first kappa shape index (κ1) is 17.6. The van der Waals surface area contributed by atoms with Crippen LogP contribution < -0.4 is 5.32 Å². The third-order valence-electron chi connectivity index (χ3n) is 2.96. The fourth-order valence-corrected chi connectivity index (χ4v) is 1.83. The molecule has 0 aliphatic rings. The highest BCUT2D eigenvalue weighted by Crippen LogP contribution is 2.17. The van der Waals surface area contributed by atoms with Gasteiger partial charge in [-0.15, -0.1) is 0 Å². The van der Waals surface area contributed by atoms with Gasteiger partial charge < -0.3 is 14.5 Å². The third kappa shape index (κ3) is 5.42. The molecular weight excluding hydrogens is 294 g/mol. The molecule has 0 aromatic carbocycles. The second-order valence-corrected chi connectivity index (χ2v) is 6.35. The Morgan fingerprint density at radius 2 is 2.00 bits per heavy atom. The van der Waals surface area contributed by atoms with Crippen molar-refractivity contribution < 1.29 is 18.7 Å². The summed E-state index contributed by atoms with van der Waals surface area (Å²) in [7, 11) is 0. The molecule has 0 saturated carbocycles. The summed E-state index contributed by atoms with van der Waals surface area (Å²) >= 11 is 5.64. The van der Waals surface area contributed by atoms with Crippen LogP contribution in [0.4, 0.5) is 0 Å². The van der Waals surface area contributed by atoms with Gasteiger partial charge in [-0.2, -0.15) is 0 Å². The van der Waals surface area contributed by atoms with Crippen LogP contribution in [0.25, 0.3) is 0 Å². The highest BCUT2D eigenvalue weighted by Gasteiger charge is 2.31. The monoisotopic (exact) mass is 315 g/mol. The van der Waals surface area contributed by atoms with Crippen molar-refractivity contribution in [3.63, 3.8) is 0 Å². The van der Waals surface area contributed by atoms with Gasteiger partial charge in [0.25, 0.3) is 5.91 Å². The lowest BCUT2D eigenvalue weighted by molar-refractivity contribution is -0.158. The van der Waals surface area contributed by atoms with Crippen molar-refractivity contribution >= 4 is 23.5 Å². The number of carbonyl (C=O) groups is 2. The van der Waals surface area contributed by atoms with E-state index in [4.69, 9.17) is 20.8 Å². The van der Waals surface area contributed by atoms with Gasteiger partial charge in [-0.25, -0.2) is 4.79 Å². The van der Waals surface area contributed by atoms with Crippen molar-refractivity contribution in [3.8, 4) is 0 Å². The lowest BCUT2D eigenvalue weighted by Gasteiger charge is -2.27. The number of carbonyl (C=O) groups excluding carboxylic acids is 2. The second-order valence-electron chi connectivity index (χ2n) is 5.97. The van der Waals surface area contributed by atoms with E-state index in [-0.39, 0.29) is 16.9 Å². The number of amides is 1. The molecule has 0 aliphatic heterocycles. The summed E-state index contributed by atoms with van der Waals surface area (Å²) in [6.07, 6.45) is 0.725. The van der Waals surface area contributed by atoms with E-state index in [9.17, 15) is 9.59 Å². The van der Waals surface area contributed by atoms with Crippen molar-refractivity contribution in [2.75, 3.05) is 0 Å². The van der Waals surface area contributed by atoms with Gasteiger partial charge in [-0.3, -0.25) is 4.79 Å². The van der Waals surface area contributed by atoms with Crippen molar-refractivity contribution in [2.24, 2.45) is 5.92 Å². The number of hydrogen-bond acceptors (Lipinski definition) is 4. The number of hydrogen-bond donors (Lipinski definition) is 1. The Labute approximate surface area is 130 Å². The van der Waals surface area contributed by atoms with Gasteiger partial charge >= 0.3 is 5.97 Å². The van der Waals surface area contributed by atoms with Crippen LogP contribution in [0.1, 0.15) is 51.6 Å². The number of ether oxygens (including phenoxy) is 1. The molecule has 0 unspecified atom stereocenters. The molecule has 1 aromatic heterocycles. The van der Waals surface area contributed by atoms with E-state index in [2.05, 4.69) is 5.32 Å². The Bertz CT molecular complexity index is 504. The summed E-state index contributed by atoms with van der Waals surface area (Å²) in [4.78, 5) is 24.3. The van der Waals surface area contributed by atoms with Crippen LogP contribution in [0.5, 0.6) is 0 Å². The van der Waals surface area contributed by atoms with Crippen molar-refractivity contribution in [2.45, 2.75) is 52.7 Å². The standard InChI is InChI=1S/C15H22ClNO4/c1-6-9(2)12(14(19)21-15(3,4)5)17-13(18)10-7-8-11(16)20-10/h7-9,12H,6H2,1-5H3,(H,17,18)/t9-,12-/m0/s1. The van der Waals surface area contributed by atoms with E-state index >= 15 is 0 Å². The summed E-state index contributed by atoms with van der Waals surface area (Å²) in [5, 5.41) is 2.78. The van der Waals surface area contributed by atoms with Crippen molar-refractivity contribution in [1.82, 2.24) is 5.32 Å². The predicted molar refractivity (Wildman–Crippen MR) is 80.3 cm³/mol. The van der Waals surface area contributed by atoms with E-state index in [1.807, 2.05) is 13.8 Å². The van der Waals surface area contributed by atoms with Gasteiger partial charge in [0.1, 0.15) is 11.6 Å². The maximum absolute atomic E-state index is 12.2. The quantitative estimate of drug-likeness (QED) is 0.845.